The Kier molecular flexibility index (Phi) is 5.77. The Morgan fingerprint density at radius 1 is 1.50 bits per heavy atom. The molecule has 1 N–H and O–H groups in total. The van der Waals surface area contributed by atoms with Crippen molar-refractivity contribution < 1.29 is 9.53 Å². The van der Waals surface area contributed by atoms with Crippen LogP contribution < -0.4 is 5.32 Å². The molecule has 0 aromatic carbocycles. The topological polar surface area (TPSA) is 41.6 Å². The van der Waals surface area contributed by atoms with Crippen LogP contribution in [0, 0.1) is 0 Å². The fourth-order valence-electron chi connectivity index (χ4n) is 1.98. The summed E-state index contributed by atoms with van der Waals surface area (Å²) in [6.45, 7) is 6.13. The number of carbonyl (C=O) groups is 1. The Morgan fingerprint density at radius 2 is 2.25 bits per heavy atom. The van der Waals surface area contributed by atoms with Crippen molar-refractivity contribution >= 4 is 5.91 Å². The molecule has 0 radical (unpaired) electrons. The molecule has 1 unspecified atom stereocenters. The van der Waals surface area contributed by atoms with Gasteiger partial charge in [-0.05, 0) is 40.2 Å². The standard InChI is InChI=1S/C12H24N2O2/c1-10(2)13-12(15)9-14(3)8-11-6-4-5-7-16-11/h10-11H,4-9H2,1-3H3,(H,13,15). The van der Waals surface area contributed by atoms with Gasteiger partial charge in [0.1, 0.15) is 0 Å². The zero-order valence-corrected chi connectivity index (χ0v) is 10.7. The lowest BCUT2D eigenvalue weighted by Gasteiger charge is -2.27. The van der Waals surface area contributed by atoms with Crippen molar-refractivity contribution in [2.75, 3.05) is 26.7 Å². The Morgan fingerprint density at radius 3 is 2.81 bits per heavy atom. The minimum atomic E-state index is 0.0910. The van der Waals surface area contributed by atoms with E-state index in [1.54, 1.807) is 0 Å². The van der Waals surface area contributed by atoms with Gasteiger partial charge in [-0.2, -0.15) is 0 Å². The smallest absolute Gasteiger partial charge is 0.234 e. The van der Waals surface area contributed by atoms with E-state index < -0.39 is 0 Å². The summed E-state index contributed by atoms with van der Waals surface area (Å²) in [5, 5.41) is 2.89. The molecule has 94 valence electrons. The van der Waals surface area contributed by atoms with Crippen molar-refractivity contribution in [1.29, 1.82) is 0 Å². The molecule has 1 saturated heterocycles. The molecule has 0 aliphatic carbocycles. The minimum absolute atomic E-state index is 0.0910. The summed E-state index contributed by atoms with van der Waals surface area (Å²) >= 11 is 0. The average Bonchev–Trinajstić information content (AvgIpc) is 2.17. The number of likely N-dealkylation sites (N-methyl/N-ethyl adjacent to an activating group) is 1. The van der Waals surface area contributed by atoms with Crippen molar-refractivity contribution in [1.82, 2.24) is 10.2 Å². The van der Waals surface area contributed by atoms with Gasteiger partial charge < -0.3 is 10.1 Å². The number of ether oxygens (including phenoxy) is 1. The van der Waals surface area contributed by atoms with Crippen LogP contribution in [0.3, 0.4) is 0 Å². The number of nitrogens with zero attached hydrogens (tertiary/aromatic N) is 1. The summed E-state index contributed by atoms with van der Waals surface area (Å²) in [4.78, 5) is 13.5. The molecule has 0 saturated carbocycles. The Hall–Kier alpha value is -0.610. The maximum absolute atomic E-state index is 11.5. The first kappa shape index (κ1) is 13.5. The zero-order valence-electron chi connectivity index (χ0n) is 10.7. The number of rotatable bonds is 5. The summed E-state index contributed by atoms with van der Waals surface area (Å²) in [6.07, 6.45) is 3.85. The molecular weight excluding hydrogens is 204 g/mol. The van der Waals surface area contributed by atoms with Gasteiger partial charge in [0, 0.05) is 19.2 Å². The molecule has 1 rings (SSSR count). The highest BCUT2D eigenvalue weighted by Gasteiger charge is 2.17. The molecule has 1 fully saturated rings. The summed E-state index contributed by atoms with van der Waals surface area (Å²) in [6, 6.07) is 0.215. The average molecular weight is 228 g/mol. The van der Waals surface area contributed by atoms with Crippen molar-refractivity contribution in [3.63, 3.8) is 0 Å². The maximum atomic E-state index is 11.5. The number of amides is 1. The fraction of sp³-hybridized carbons (Fsp3) is 0.917. The molecule has 4 nitrogen and oxygen atoms in total. The van der Waals surface area contributed by atoms with Crippen LogP contribution in [0.1, 0.15) is 33.1 Å². The van der Waals surface area contributed by atoms with Crippen LogP contribution in [-0.2, 0) is 9.53 Å². The van der Waals surface area contributed by atoms with Crippen LogP contribution in [0.4, 0.5) is 0 Å². The lowest BCUT2D eigenvalue weighted by molar-refractivity contribution is -0.122. The molecule has 16 heavy (non-hydrogen) atoms. The monoisotopic (exact) mass is 228 g/mol. The zero-order chi connectivity index (χ0) is 12.0. The SMILES string of the molecule is CC(C)NC(=O)CN(C)CC1CCCCO1. The van der Waals surface area contributed by atoms with E-state index >= 15 is 0 Å². The second-order valence-electron chi connectivity index (χ2n) is 4.91. The van der Waals surface area contributed by atoms with Crippen molar-refractivity contribution in [3.8, 4) is 0 Å². The predicted octanol–water partition coefficient (Wildman–Crippen LogP) is 1.01. The van der Waals surface area contributed by atoms with Crippen LogP contribution in [0.25, 0.3) is 0 Å². The van der Waals surface area contributed by atoms with Crippen LogP contribution in [-0.4, -0.2) is 49.7 Å². The highest BCUT2D eigenvalue weighted by Crippen LogP contribution is 2.13. The van der Waals surface area contributed by atoms with E-state index in [-0.39, 0.29) is 11.9 Å². The largest absolute Gasteiger partial charge is 0.377 e. The van der Waals surface area contributed by atoms with Crippen LogP contribution in [0.2, 0.25) is 0 Å². The van der Waals surface area contributed by atoms with Gasteiger partial charge in [0.05, 0.1) is 12.6 Å². The van der Waals surface area contributed by atoms with Crippen LogP contribution >= 0.6 is 0 Å². The van der Waals surface area contributed by atoms with E-state index in [0.717, 1.165) is 19.6 Å². The van der Waals surface area contributed by atoms with Gasteiger partial charge in [-0.1, -0.05) is 0 Å². The summed E-state index contributed by atoms with van der Waals surface area (Å²) in [7, 11) is 1.97. The molecule has 1 atom stereocenters. The second kappa shape index (κ2) is 6.86. The van der Waals surface area contributed by atoms with Gasteiger partial charge in [-0.25, -0.2) is 0 Å². The third-order valence-electron chi connectivity index (χ3n) is 2.65. The number of hydrogen-bond donors (Lipinski definition) is 1. The van der Waals surface area contributed by atoms with Crippen LogP contribution in [0.15, 0.2) is 0 Å². The molecule has 0 spiro atoms. The van der Waals surface area contributed by atoms with E-state index in [0.29, 0.717) is 12.6 Å². The Bertz CT molecular complexity index is 213. The highest BCUT2D eigenvalue weighted by atomic mass is 16.5. The van der Waals surface area contributed by atoms with Gasteiger partial charge in [-0.3, -0.25) is 9.69 Å². The third-order valence-corrected chi connectivity index (χ3v) is 2.65. The molecule has 1 aliphatic rings. The van der Waals surface area contributed by atoms with Gasteiger partial charge in [0.15, 0.2) is 0 Å². The quantitative estimate of drug-likeness (QED) is 0.763. The lowest BCUT2D eigenvalue weighted by Crippen LogP contribution is -2.42. The highest BCUT2D eigenvalue weighted by molar-refractivity contribution is 5.78. The van der Waals surface area contributed by atoms with E-state index in [2.05, 4.69) is 5.32 Å². The van der Waals surface area contributed by atoms with E-state index in [1.165, 1.54) is 12.8 Å². The molecule has 4 heteroatoms. The van der Waals surface area contributed by atoms with Gasteiger partial charge in [0.2, 0.25) is 5.91 Å². The first-order valence-corrected chi connectivity index (χ1v) is 6.17. The summed E-state index contributed by atoms with van der Waals surface area (Å²) < 4.78 is 5.64. The van der Waals surface area contributed by atoms with Gasteiger partial charge >= 0.3 is 0 Å². The molecule has 0 aromatic rings. The van der Waals surface area contributed by atoms with Gasteiger partial charge in [-0.15, -0.1) is 0 Å². The van der Waals surface area contributed by atoms with Gasteiger partial charge in [0.25, 0.3) is 0 Å². The molecular formula is C12H24N2O2. The Labute approximate surface area is 98.3 Å². The summed E-state index contributed by atoms with van der Waals surface area (Å²) in [5.41, 5.74) is 0. The molecule has 0 aromatic heterocycles. The molecule has 1 aliphatic heterocycles. The first-order chi connectivity index (χ1) is 7.58. The summed E-state index contributed by atoms with van der Waals surface area (Å²) in [5.74, 6) is 0.0910. The third kappa shape index (κ3) is 5.47. The molecule has 1 heterocycles. The molecule has 0 bridgehead atoms. The van der Waals surface area contributed by atoms with Crippen molar-refractivity contribution in [2.24, 2.45) is 0 Å². The predicted molar refractivity (Wildman–Crippen MR) is 64.4 cm³/mol. The van der Waals surface area contributed by atoms with Crippen molar-refractivity contribution in [2.45, 2.75) is 45.3 Å². The van der Waals surface area contributed by atoms with E-state index in [1.807, 2.05) is 25.8 Å². The first-order valence-electron chi connectivity index (χ1n) is 6.17. The maximum Gasteiger partial charge on any atom is 0.234 e. The Balaban J connectivity index is 2.18. The van der Waals surface area contributed by atoms with E-state index in [9.17, 15) is 4.79 Å². The van der Waals surface area contributed by atoms with Crippen molar-refractivity contribution in [3.05, 3.63) is 0 Å². The van der Waals surface area contributed by atoms with Crippen LogP contribution in [0.5, 0.6) is 0 Å². The fourth-order valence-corrected chi connectivity index (χ4v) is 1.98. The lowest BCUT2D eigenvalue weighted by atomic mass is 10.1. The number of hydrogen-bond acceptors (Lipinski definition) is 3. The molecule has 1 amide bonds. The minimum Gasteiger partial charge on any atom is -0.377 e. The second-order valence-corrected chi connectivity index (χ2v) is 4.91. The normalized spacial score (nSPS) is 21.4. The van der Waals surface area contributed by atoms with E-state index in [4.69, 9.17) is 4.74 Å². The number of carbonyl (C=O) groups excluding carboxylic acids is 1. The number of nitrogens with one attached hydrogen (secondary N) is 1.